The lowest BCUT2D eigenvalue weighted by molar-refractivity contribution is 0.0856. The highest BCUT2D eigenvalue weighted by Gasteiger charge is 2.24. The van der Waals surface area contributed by atoms with Gasteiger partial charge in [-0.1, -0.05) is 0 Å². The van der Waals surface area contributed by atoms with Crippen molar-refractivity contribution in [1.82, 2.24) is 30.2 Å². The fourth-order valence-corrected chi connectivity index (χ4v) is 4.95. The third-order valence-corrected chi connectivity index (χ3v) is 6.48. The van der Waals surface area contributed by atoms with E-state index in [2.05, 4.69) is 62.4 Å². The Morgan fingerprint density at radius 3 is 2.69 bits per heavy atom. The fraction of sp³-hybridized carbons (Fsp3) is 0.565. The van der Waals surface area contributed by atoms with E-state index in [0.29, 0.717) is 18.0 Å². The number of rotatable bonds is 5. The van der Waals surface area contributed by atoms with Crippen LogP contribution in [0.15, 0.2) is 24.9 Å². The van der Waals surface area contributed by atoms with Gasteiger partial charge in [0, 0.05) is 44.6 Å². The summed E-state index contributed by atoms with van der Waals surface area (Å²) in [7, 11) is 0. The maximum atomic E-state index is 5.56. The average Bonchev–Trinajstić information content (AvgIpc) is 3.24. The van der Waals surface area contributed by atoms with Crippen molar-refractivity contribution in [2.45, 2.75) is 57.7 Å². The van der Waals surface area contributed by atoms with Crippen molar-refractivity contribution in [3.63, 3.8) is 0 Å². The molecule has 0 unspecified atom stereocenters. The third-order valence-electron chi connectivity index (χ3n) is 6.48. The molecular formula is C23H32N8O. The molecule has 0 saturated carbocycles. The molecule has 0 bridgehead atoms. The number of hydrogen-bond acceptors (Lipinski definition) is 8. The Labute approximate surface area is 188 Å². The molecule has 0 spiro atoms. The first-order valence-electron chi connectivity index (χ1n) is 11.6. The van der Waals surface area contributed by atoms with Crippen LogP contribution in [0.5, 0.6) is 0 Å². The smallest absolute Gasteiger partial charge is 0.147 e. The van der Waals surface area contributed by atoms with Crippen LogP contribution in [-0.4, -0.2) is 63.3 Å². The number of fused-ring (bicyclic) bond motifs is 1. The Morgan fingerprint density at radius 2 is 1.91 bits per heavy atom. The summed E-state index contributed by atoms with van der Waals surface area (Å²) in [5.74, 6) is 2.22. The summed E-state index contributed by atoms with van der Waals surface area (Å²) in [4.78, 5) is 24.1. The van der Waals surface area contributed by atoms with E-state index >= 15 is 0 Å². The van der Waals surface area contributed by atoms with E-state index in [0.717, 1.165) is 67.5 Å². The van der Waals surface area contributed by atoms with Crippen LogP contribution in [0.4, 0.5) is 11.6 Å². The molecule has 3 atom stereocenters. The molecule has 5 rings (SSSR count). The average molecular weight is 437 g/mol. The third kappa shape index (κ3) is 4.27. The van der Waals surface area contributed by atoms with Gasteiger partial charge in [0.25, 0.3) is 0 Å². The Bertz CT molecular complexity index is 1050. The lowest BCUT2D eigenvalue weighted by Gasteiger charge is -2.36. The predicted octanol–water partition coefficient (Wildman–Crippen LogP) is 3.00. The second-order valence-corrected chi connectivity index (χ2v) is 9.12. The highest BCUT2D eigenvalue weighted by molar-refractivity contribution is 5.91. The number of aromatic amines is 1. The summed E-state index contributed by atoms with van der Waals surface area (Å²) in [5, 5.41) is 8.22. The Morgan fingerprint density at radius 1 is 1.12 bits per heavy atom. The zero-order valence-electron chi connectivity index (χ0n) is 19.0. The summed E-state index contributed by atoms with van der Waals surface area (Å²) < 4.78 is 5.56. The van der Waals surface area contributed by atoms with Gasteiger partial charge in [-0.15, -0.1) is 0 Å². The molecule has 0 amide bonds. The Hall–Kier alpha value is -2.78. The van der Waals surface area contributed by atoms with Crippen molar-refractivity contribution in [2.75, 3.05) is 36.5 Å². The van der Waals surface area contributed by atoms with E-state index in [4.69, 9.17) is 9.72 Å². The van der Waals surface area contributed by atoms with Gasteiger partial charge in [-0.2, -0.15) is 0 Å². The first kappa shape index (κ1) is 21.1. The number of nitrogens with one attached hydrogen (secondary N) is 3. The number of nitrogens with zero attached hydrogens (tertiary/aromatic N) is 5. The molecule has 9 nitrogen and oxygen atoms in total. The van der Waals surface area contributed by atoms with Crippen LogP contribution in [0.2, 0.25) is 0 Å². The minimum absolute atomic E-state index is 0.0456. The first-order valence-corrected chi connectivity index (χ1v) is 11.6. The molecule has 3 N–H and O–H groups in total. The van der Waals surface area contributed by atoms with Crippen LogP contribution in [0.25, 0.3) is 11.0 Å². The molecule has 3 aromatic rings. The Balaban J connectivity index is 1.39. The van der Waals surface area contributed by atoms with Crippen LogP contribution in [0.1, 0.15) is 56.8 Å². The van der Waals surface area contributed by atoms with Gasteiger partial charge in [0.2, 0.25) is 0 Å². The van der Waals surface area contributed by atoms with Gasteiger partial charge in [-0.05, 0) is 45.1 Å². The van der Waals surface area contributed by atoms with E-state index in [1.54, 1.807) is 6.33 Å². The van der Waals surface area contributed by atoms with Gasteiger partial charge in [0.05, 0.1) is 29.5 Å². The number of aromatic nitrogens is 5. The zero-order valence-corrected chi connectivity index (χ0v) is 19.0. The van der Waals surface area contributed by atoms with Gasteiger partial charge in [0.15, 0.2) is 0 Å². The molecular weight excluding hydrogens is 404 g/mol. The lowest BCUT2D eigenvalue weighted by atomic mass is 9.92. The van der Waals surface area contributed by atoms with Crippen LogP contribution < -0.4 is 15.5 Å². The summed E-state index contributed by atoms with van der Waals surface area (Å²) in [5.41, 5.74) is 3.03. The summed E-state index contributed by atoms with van der Waals surface area (Å²) in [6.45, 7) is 9.97. The minimum Gasteiger partial charge on any atom is -0.381 e. The molecule has 2 aliphatic rings. The number of hydrogen-bond donors (Lipinski definition) is 3. The van der Waals surface area contributed by atoms with Gasteiger partial charge in [-0.3, -0.25) is 4.98 Å². The van der Waals surface area contributed by atoms with Crippen LogP contribution in [0.3, 0.4) is 0 Å². The highest BCUT2D eigenvalue weighted by Crippen LogP contribution is 2.35. The number of anilines is 2. The molecule has 2 fully saturated rings. The maximum Gasteiger partial charge on any atom is 0.147 e. The minimum atomic E-state index is -0.0456. The molecule has 32 heavy (non-hydrogen) atoms. The quantitative estimate of drug-likeness (QED) is 0.561. The van der Waals surface area contributed by atoms with Gasteiger partial charge < -0.3 is 25.3 Å². The standard InChI is InChI=1S/C23H32N8O/c1-14-11-31(12-15(2)28-14)20-10-24-9-19(30-20)16(3)29-23-21-18(17-4-6-32-7-5-17)8-25-22(21)26-13-27-23/h8-10,13-17,28H,4-7,11-12H2,1-3H3,(H2,25,26,27,29)/t14-,15+,16-/m0/s1. The fourth-order valence-electron chi connectivity index (χ4n) is 4.95. The van der Waals surface area contributed by atoms with Crippen molar-refractivity contribution in [2.24, 2.45) is 0 Å². The monoisotopic (exact) mass is 436 g/mol. The molecule has 5 heterocycles. The molecule has 0 aromatic carbocycles. The molecule has 170 valence electrons. The molecule has 0 radical (unpaired) electrons. The molecule has 2 aliphatic heterocycles. The van der Waals surface area contributed by atoms with Gasteiger partial charge in [-0.25, -0.2) is 15.0 Å². The highest BCUT2D eigenvalue weighted by atomic mass is 16.5. The van der Waals surface area contributed by atoms with Crippen LogP contribution in [-0.2, 0) is 4.74 Å². The molecule has 3 aromatic heterocycles. The predicted molar refractivity (Wildman–Crippen MR) is 125 cm³/mol. The summed E-state index contributed by atoms with van der Waals surface area (Å²) >= 11 is 0. The van der Waals surface area contributed by atoms with Crippen molar-refractivity contribution < 1.29 is 4.74 Å². The van der Waals surface area contributed by atoms with Crippen molar-refractivity contribution in [3.05, 3.63) is 36.2 Å². The zero-order chi connectivity index (χ0) is 22.1. The van der Waals surface area contributed by atoms with Gasteiger partial charge >= 0.3 is 0 Å². The largest absolute Gasteiger partial charge is 0.381 e. The maximum absolute atomic E-state index is 5.56. The van der Waals surface area contributed by atoms with Crippen molar-refractivity contribution in [1.29, 1.82) is 0 Å². The number of H-pyrrole nitrogens is 1. The summed E-state index contributed by atoms with van der Waals surface area (Å²) in [6.07, 6.45) is 9.42. The van der Waals surface area contributed by atoms with E-state index in [-0.39, 0.29) is 6.04 Å². The first-order chi connectivity index (χ1) is 15.6. The summed E-state index contributed by atoms with van der Waals surface area (Å²) in [6, 6.07) is 0.799. The molecule has 9 heteroatoms. The molecule has 0 aliphatic carbocycles. The second-order valence-electron chi connectivity index (χ2n) is 9.12. The SMILES string of the molecule is C[C@@H]1CN(c2cncc([C@H](C)Nc3ncnc4[nH]cc(C5CCOCC5)c34)n2)C[C@H](C)N1. The lowest BCUT2D eigenvalue weighted by Crippen LogP contribution is -2.54. The van der Waals surface area contributed by atoms with Crippen molar-refractivity contribution >= 4 is 22.7 Å². The second kappa shape index (κ2) is 8.99. The van der Waals surface area contributed by atoms with Crippen LogP contribution >= 0.6 is 0 Å². The van der Waals surface area contributed by atoms with E-state index in [9.17, 15) is 0 Å². The van der Waals surface area contributed by atoms with E-state index in [1.165, 1.54) is 5.56 Å². The molecule has 2 saturated heterocycles. The topological polar surface area (TPSA) is 104 Å². The number of piperazine rings is 1. The Kier molecular flexibility index (Phi) is 5.93. The van der Waals surface area contributed by atoms with Gasteiger partial charge in [0.1, 0.15) is 23.6 Å². The number of ether oxygens (including phenoxy) is 1. The van der Waals surface area contributed by atoms with E-state index in [1.807, 2.05) is 12.4 Å². The normalized spacial score (nSPS) is 23.4. The van der Waals surface area contributed by atoms with E-state index < -0.39 is 0 Å². The van der Waals surface area contributed by atoms with Crippen LogP contribution in [0, 0.1) is 0 Å². The van der Waals surface area contributed by atoms with Crippen molar-refractivity contribution in [3.8, 4) is 0 Å².